The van der Waals surface area contributed by atoms with Crippen LogP contribution in [0.3, 0.4) is 0 Å². The number of nitrogens with two attached hydrogens (primary N) is 1. The fourth-order valence-electron chi connectivity index (χ4n) is 11.4. The molecule has 5 aliphatic rings. The Labute approximate surface area is 389 Å². The van der Waals surface area contributed by atoms with E-state index in [4.69, 9.17) is 24.7 Å². The summed E-state index contributed by atoms with van der Waals surface area (Å²) in [5.41, 5.74) is 2.81. The number of alkyl carbamates (subject to hydrolysis) is 1. The zero-order valence-corrected chi connectivity index (χ0v) is 38.8. The number of Topliss-reactive ketones (excluding diaryl/α,β-unsaturated/α-hetero) is 1. The molecular weight excluding hydrogens is 874 g/mol. The van der Waals surface area contributed by atoms with Crippen LogP contribution in [-0.2, 0) is 49.5 Å². The Morgan fingerprint density at radius 3 is 2.42 bits per heavy atom. The standard InChI is InChI=1S/C48H66FN5O13/c1-6-9-40-66-38-21-31-30-20-33(49)32-19-29(56)15-16-46(32,4)41(30)36(57)22-47(31,5)48(38,67-40)37(58)25-64-43(61)34(18-26(2)3)53-42(60)35(23-55)54-45(63)65-24-27-11-13-28(14-12-27)52-39(59)10-7-8-17-51-44(50)62/h11-16,19,26,30-31,33-36,38,40-41,55,57H,6-10,17-18,20-25H2,1-5H3,(H,52,59)(H,53,60)(H,54,63)(H3,50,51,62)/t30-,31?,33-,34-,35-,36-,38+,40?,41?,46-,47-,48+/m0/s1. The fraction of sp³-hybridized carbons (Fsp3) is 0.646. The highest BCUT2D eigenvalue weighted by Gasteiger charge is 2.76. The largest absolute Gasteiger partial charge is 0.456 e. The minimum Gasteiger partial charge on any atom is -0.456 e. The first-order valence-electron chi connectivity index (χ1n) is 23.3. The minimum atomic E-state index is -1.65. The van der Waals surface area contributed by atoms with Gasteiger partial charge in [-0.15, -0.1) is 0 Å². The van der Waals surface area contributed by atoms with Crippen LogP contribution in [0.5, 0.6) is 0 Å². The number of ether oxygens (including phenoxy) is 4. The van der Waals surface area contributed by atoms with Crippen molar-refractivity contribution in [3.8, 4) is 0 Å². The summed E-state index contributed by atoms with van der Waals surface area (Å²) in [6, 6.07) is 3.04. The summed E-state index contributed by atoms with van der Waals surface area (Å²) in [7, 11) is 0. The van der Waals surface area contributed by atoms with Gasteiger partial charge >= 0.3 is 18.1 Å². The number of aliphatic hydroxyl groups excluding tert-OH is 2. The van der Waals surface area contributed by atoms with Gasteiger partial charge in [0.15, 0.2) is 24.3 Å². The smallest absolute Gasteiger partial charge is 0.408 e. The molecule has 1 aromatic rings. The number of primary amides is 1. The number of carbonyl (C=O) groups excluding carboxylic acids is 7. The Hall–Kier alpha value is -5.24. The molecule has 0 radical (unpaired) electrons. The molecule has 0 bridgehead atoms. The molecule has 0 aromatic heterocycles. The van der Waals surface area contributed by atoms with Gasteiger partial charge in [0, 0.05) is 35.4 Å². The molecule has 4 fully saturated rings. The van der Waals surface area contributed by atoms with Gasteiger partial charge in [0.25, 0.3) is 0 Å². The van der Waals surface area contributed by atoms with E-state index in [1.54, 1.807) is 30.3 Å². The van der Waals surface area contributed by atoms with E-state index in [1.165, 1.54) is 12.2 Å². The van der Waals surface area contributed by atoms with Crippen molar-refractivity contribution in [2.45, 2.75) is 141 Å². The SMILES string of the molecule is CCCC1O[C@@H]2CC3[C@@H]4C[C@H](F)C5=CC(=O)C=C[C@]5(C)C4[C@@H](O)C[C@]3(C)[C@]2(C(=O)COC(=O)[C@H](CC(C)C)NC(=O)[C@H](CO)NC(=O)OCc2ccc(NC(=O)CCCCNC(N)=O)cc2)O1. The second kappa shape index (κ2) is 21.4. The van der Waals surface area contributed by atoms with Crippen molar-refractivity contribution in [2.75, 3.05) is 25.1 Å². The van der Waals surface area contributed by atoms with Crippen LogP contribution in [0.4, 0.5) is 19.7 Å². The molecule has 12 atom stereocenters. The van der Waals surface area contributed by atoms with E-state index in [9.17, 15) is 43.8 Å². The van der Waals surface area contributed by atoms with E-state index < -0.39 is 108 Å². The van der Waals surface area contributed by atoms with E-state index in [1.807, 2.05) is 34.6 Å². The third kappa shape index (κ3) is 10.9. The first-order valence-corrected chi connectivity index (χ1v) is 23.3. The van der Waals surface area contributed by atoms with Crippen molar-refractivity contribution in [1.82, 2.24) is 16.0 Å². The van der Waals surface area contributed by atoms with Gasteiger partial charge in [0.1, 0.15) is 24.9 Å². The van der Waals surface area contributed by atoms with Gasteiger partial charge in [0.05, 0.1) is 18.8 Å². The average Bonchev–Trinajstić information content (AvgIpc) is 3.75. The molecule has 5 amide bonds. The molecule has 18 nitrogen and oxygen atoms in total. The number of aliphatic hydroxyl groups is 2. The highest BCUT2D eigenvalue weighted by Crippen LogP contribution is 2.70. The molecule has 0 spiro atoms. The second-order valence-electron chi connectivity index (χ2n) is 19.4. The number of anilines is 1. The molecule has 1 aromatic carbocycles. The second-order valence-corrected chi connectivity index (χ2v) is 19.4. The Morgan fingerprint density at radius 2 is 1.75 bits per heavy atom. The summed E-state index contributed by atoms with van der Waals surface area (Å²) in [6.45, 7) is 7.83. The molecular formula is C48H66FN5O13. The molecule has 368 valence electrons. The number of ketones is 2. The summed E-state index contributed by atoms with van der Waals surface area (Å²) >= 11 is 0. The number of hydrogen-bond acceptors (Lipinski definition) is 13. The lowest BCUT2D eigenvalue weighted by Gasteiger charge is -2.60. The topological polar surface area (TPSA) is 271 Å². The van der Waals surface area contributed by atoms with Gasteiger partial charge < -0.3 is 56.2 Å². The number of nitrogens with one attached hydrogen (secondary N) is 4. The van der Waals surface area contributed by atoms with Crippen molar-refractivity contribution in [2.24, 2.45) is 40.2 Å². The van der Waals surface area contributed by atoms with Crippen LogP contribution >= 0.6 is 0 Å². The highest BCUT2D eigenvalue weighted by atomic mass is 19.1. The lowest BCUT2D eigenvalue weighted by molar-refractivity contribution is -0.203. The summed E-state index contributed by atoms with van der Waals surface area (Å²) in [5, 5.41) is 32.2. The minimum absolute atomic E-state index is 0.0478. The van der Waals surface area contributed by atoms with Gasteiger partial charge in [0.2, 0.25) is 17.6 Å². The number of benzene rings is 1. The molecule has 1 heterocycles. The number of urea groups is 1. The molecule has 6 rings (SSSR count). The van der Waals surface area contributed by atoms with Crippen molar-refractivity contribution in [3.05, 3.63) is 53.6 Å². The number of halogens is 1. The number of alkyl halides is 1. The number of hydrogen-bond donors (Lipinski definition) is 7. The van der Waals surface area contributed by atoms with Gasteiger partial charge in [-0.2, -0.15) is 0 Å². The molecule has 1 saturated heterocycles. The molecule has 67 heavy (non-hydrogen) atoms. The third-order valence-corrected chi connectivity index (χ3v) is 14.4. The van der Waals surface area contributed by atoms with E-state index in [0.717, 1.165) is 0 Å². The fourth-order valence-corrected chi connectivity index (χ4v) is 11.4. The Kier molecular flexibility index (Phi) is 16.3. The van der Waals surface area contributed by atoms with Crippen LogP contribution in [-0.4, -0.2) is 114 Å². The van der Waals surface area contributed by atoms with Crippen LogP contribution in [0.1, 0.15) is 98.0 Å². The molecule has 3 unspecified atom stereocenters. The van der Waals surface area contributed by atoms with Gasteiger partial charge in [-0.3, -0.25) is 19.2 Å². The molecule has 3 saturated carbocycles. The van der Waals surface area contributed by atoms with Crippen molar-refractivity contribution in [1.29, 1.82) is 0 Å². The first-order chi connectivity index (χ1) is 31.8. The number of rotatable bonds is 20. The van der Waals surface area contributed by atoms with Crippen LogP contribution < -0.4 is 27.0 Å². The van der Waals surface area contributed by atoms with E-state index in [2.05, 4.69) is 21.3 Å². The number of carbonyl (C=O) groups is 7. The molecule has 19 heteroatoms. The Morgan fingerprint density at radius 1 is 1.01 bits per heavy atom. The maximum atomic E-state index is 16.1. The van der Waals surface area contributed by atoms with Crippen molar-refractivity contribution >= 4 is 47.2 Å². The Bertz CT molecular complexity index is 2100. The summed E-state index contributed by atoms with van der Waals surface area (Å²) in [4.78, 5) is 90.1. The maximum Gasteiger partial charge on any atom is 0.408 e. The zero-order valence-electron chi connectivity index (χ0n) is 38.8. The maximum absolute atomic E-state index is 16.1. The monoisotopic (exact) mass is 939 g/mol. The molecule has 4 aliphatic carbocycles. The normalized spacial score (nSPS) is 31.2. The van der Waals surface area contributed by atoms with Gasteiger partial charge in [-0.1, -0.05) is 59.2 Å². The van der Waals surface area contributed by atoms with Crippen LogP contribution in [0, 0.1) is 34.5 Å². The third-order valence-electron chi connectivity index (χ3n) is 14.4. The van der Waals surface area contributed by atoms with Gasteiger partial charge in [-0.25, -0.2) is 18.8 Å². The lowest BCUT2D eigenvalue weighted by atomic mass is 9.46. The van der Waals surface area contributed by atoms with Crippen molar-refractivity contribution < 1.29 is 67.1 Å². The molecule has 1 aliphatic heterocycles. The zero-order chi connectivity index (χ0) is 48.8. The van der Waals surface area contributed by atoms with Crippen LogP contribution in [0.15, 0.2) is 48.1 Å². The number of amides is 5. The van der Waals surface area contributed by atoms with Crippen LogP contribution in [0.2, 0.25) is 0 Å². The first kappa shape index (κ1) is 51.2. The van der Waals surface area contributed by atoms with E-state index in [-0.39, 0.29) is 55.8 Å². The van der Waals surface area contributed by atoms with E-state index in [0.29, 0.717) is 55.5 Å². The van der Waals surface area contributed by atoms with Gasteiger partial charge in [-0.05, 0) is 98.1 Å². The quantitative estimate of drug-likeness (QED) is 0.0725. The number of fused-ring (bicyclic) bond motifs is 7. The summed E-state index contributed by atoms with van der Waals surface area (Å²) in [6.07, 6.45) is 2.55. The summed E-state index contributed by atoms with van der Waals surface area (Å²) in [5.74, 6) is -4.29. The summed E-state index contributed by atoms with van der Waals surface area (Å²) < 4.78 is 40.1. The number of unbranched alkanes of at least 4 members (excludes halogenated alkanes) is 1. The number of allylic oxidation sites excluding steroid dienone is 4. The highest BCUT2D eigenvalue weighted by molar-refractivity contribution is 6.01. The predicted octanol–water partition coefficient (Wildman–Crippen LogP) is 3.81. The predicted molar refractivity (Wildman–Crippen MR) is 239 cm³/mol. The van der Waals surface area contributed by atoms with E-state index >= 15 is 4.39 Å². The van der Waals surface area contributed by atoms with Crippen LogP contribution in [0.25, 0.3) is 0 Å². The molecule has 8 N–H and O–H groups in total. The average molecular weight is 940 g/mol. The Balaban J connectivity index is 1.06. The number of esters is 1. The lowest BCUT2D eigenvalue weighted by Crippen LogP contribution is -2.64. The van der Waals surface area contributed by atoms with Crippen molar-refractivity contribution in [3.63, 3.8) is 0 Å².